The van der Waals surface area contributed by atoms with Crippen LogP contribution in [0.5, 0.6) is 0 Å². The monoisotopic (exact) mass is 424 g/mol. The molecule has 2 heterocycles. The molecule has 5 rings (SSSR count). The van der Waals surface area contributed by atoms with Gasteiger partial charge in [0.1, 0.15) is 0 Å². The molecule has 0 bridgehead atoms. The number of carbonyl (C=O) groups excluding carboxylic acids is 3. The third-order valence-electron chi connectivity index (χ3n) is 5.98. The van der Waals surface area contributed by atoms with Crippen molar-refractivity contribution < 1.29 is 19.1 Å². The van der Waals surface area contributed by atoms with E-state index in [0.29, 0.717) is 27.8 Å². The number of fused-ring (bicyclic) bond motifs is 2. The Morgan fingerprint density at radius 1 is 0.938 bits per heavy atom. The van der Waals surface area contributed by atoms with Gasteiger partial charge in [0, 0.05) is 28.4 Å². The first kappa shape index (κ1) is 19.8. The maximum Gasteiger partial charge on any atom is 0.337 e. The molecule has 2 N–H and O–H groups in total. The molecular formula is C26H20N2O4. The molecule has 0 fully saturated rings. The summed E-state index contributed by atoms with van der Waals surface area (Å²) in [6, 6.07) is 21.5. The highest BCUT2D eigenvalue weighted by Crippen LogP contribution is 2.45. The molecule has 158 valence electrons. The van der Waals surface area contributed by atoms with E-state index in [1.54, 1.807) is 48.7 Å². The van der Waals surface area contributed by atoms with Crippen LogP contribution in [0.1, 0.15) is 43.7 Å². The molecule has 4 aromatic rings. The number of rotatable bonds is 5. The number of hydrogen-bond acceptors (Lipinski definition) is 4. The van der Waals surface area contributed by atoms with Crippen LogP contribution in [0, 0.1) is 0 Å². The summed E-state index contributed by atoms with van der Waals surface area (Å²) in [6.07, 6.45) is 1.76. The maximum atomic E-state index is 13.8. The van der Waals surface area contributed by atoms with Crippen molar-refractivity contribution in [2.75, 3.05) is 12.4 Å². The zero-order chi connectivity index (χ0) is 22.2. The second kappa shape index (κ2) is 7.81. The summed E-state index contributed by atoms with van der Waals surface area (Å²) < 4.78 is 4.86. The van der Waals surface area contributed by atoms with Gasteiger partial charge in [-0.25, -0.2) is 4.79 Å². The van der Waals surface area contributed by atoms with Crippen LogP contribution in [0.15, 0.2) is 79.0 Å². The summed E-state index contributed by atoms with van der Waals surface area (Å²) in [4.78, 5) is 42.2. The first-order valence-electron chi connectivity index (χ1n) is 10.3. The Morgan fingerprint density at radius 3 is 2.47 bits per heavy atom. The minimum absolute atomic E-state index is 0.160. The number of methoxy groups -OCH3 is 1. The average Bonchev–Trinajstić information content (AvgIpc) is 3.40. The Kier molecular flexibility index (Phi) is 4.82. The summed E-state index contributed by atoms with van der Waals surface area (Å²) in [5.41, 5.74) is 3.83. The molecule has 0 radical (unpaired) electrons. The molecule has 0 saturated heterocycles. The molecule has 1 amide bonds. The molecule has 1 aliphatic rings. The van der Waals surface area contributed by atoms with Crippen LogP contribution in [-0.2, 0) is 9.53 Å². The number of esters is 1. The quantitative estimate of drug-likeness (QED) is 0.360. The number of benzene rings is 3. The predicted octanol–water partition coefficient (Wildman–Crippen LogP) is 4.66. The minimum atomic E-state index is -0.775. The molecule has 6 heteroatoms. The number of carbonyl (C=O) groups is 3. The van der Waals surface area contributed by atoms with Gasteiger partial charge in [0.25, 0.3) is 0 Å². The van der Waals surface area contributed by atoms with Crippen molar-refractivity contribution in [1.82, 2.24) is 4.98 Å². The second-order valence-corrected chi connectivity index (χ2v) is 7.76. The van der Waals surface area contributed by atoms with Crippen molar-refractivity contribution in [3.05, 3.63) is 101 Å². The Balaban J connectivity index is 1.72. The smallest absolute Gasteiger partial charge is 0.337 e. The summed E-state index contributed by atoms with van der Waals surface area (Å²) in [5, 5.41) is 3.62. The van der Waals surface area contributed by atoms with Gasteiger partial charge >= 0.3 is 5.97 Å². The van der Waals surface area contributed by atoms with Gasteiger partial charge in [0.05, 0.1) is 24.5 Å². The van der Waals surface area contributed by atoms with Crippen LogP contribution in [0.2, 0.25) is 0 Å². The van der Waals surface area contributed by atoms with E-state index in [2.05, 4.69) is 10.3 Å². The van der Waals surface area contributed by atoms with Crippen molar-refractivity contribution >= 4 is 34.3 Å². The lowest BCUT2D eigenvalue weighted by atomic mass is 9.77. The van der Waals surface area contributed by atoms with Crippen molar-refractivity contribution in [2.45, 2.75) is 11.8 Å². The van der Waals surface area contributed by atoms with E-state index < -0.39 is 17.8 Å². The SMILES string of the molecule is COC(=O)c1ccc2[nH]cc(C(C(=O)c3ccccc3)C3C(=O)Nc4ccccc43)c2c1. The minimum Gasteiger partial charge on any atom is -0.465 e. The lowest BCUT2D eigenvalue weighted by molar-refractivity contribution is -0.117. The van der Waals surface area contributed by atoms with Crippen molar-refractivity contribution in [2.24, 2.45) is 0 Å². The number of hydrogen-bond donors (Lipinski definition) is 2. The fourth-order valence-corrected chi connectivity index (χ4v) is 4.46. The highest BCUT2D eigenvalue weighted by atomic mass is 16.5. The molecule has 0 saturated carbocycles. The Bertz CT molecular complexity index is 1360. The third kappa shape index (κ3) is 3.17. The normalized spacial score (nSPS) is 15.8. The molecule has 2 unspecified atom stereocenters. The summed E-state index contributed by atoms with van der Waals surface area (Å²) in [7, 11) is 1.33. The highest BCUT2D eigenvalue weighted by Gasteiger charge is 2.42. The van der Waals surface area contributed by atoms with Gasteiger partial charge in [-0.05, 0) is 35.4 Å². The number of ether oxygens (including phenoxy) is 1. The van der Waals surface area contributed by atoms with Gasteiger partial charge in [-0.1, -0.05) is 48.5 Å². The summed E-state index contributed by atoms with van der Waals surface area (Å²) >= 11 is 0. The highest BCUT2D eigenvalue weighted by molar-refractivity contribution is 6.12. The number of anilines is 1. The molecule has 0 aliphatic carbocycles. The van der Waals surface area contributed by atoms with E-state index in [1.807, 2.05) is 30.3 Å². The van der Waals surface area contributed by atoms with Crippen molar-refractivity contribution in [1.29, 1.82) is 0 Å². The fraction of sp³-hybridized carbons (Fsp3) is 0.115. The predicted molar refractivity (Wildman–Crippen MR) is 121 cm³/mol. The van der Waals surface area contributed by atoms with E-state index in [9.17, 15) is 14.4 Å². The summed E-state index contributed by atoms with van der Waals surface area (Å²) in [5.74, 6) is -2.32. The lowest BCUT2D eigenvalue weighted by Crippen LogP contribution is -2.26. The number of para-hydroxylation sites is 1. The van der Waals surface area contributed by atoms with Gasteiger partial charge in [-0.3, -0.25) is 9.59 Å². The first-order valence-corrected chi connectivity index (χ1v) is 10.3. The second-order valence-electron chi connectivity index (χ2n) is 7.76. The number of aromatic nitrogens is 1. The molecule has 1 aliphatic heterocycles. The van der Waals surface area contributed by atoms with Crippen molar-refractivity contribution in [3.8, 4) is 0 Å². The van der Waals surface area contributed by atoms with Crippen LogP contribution in [0.4, 0.5) is 5.69 Å². The molecule has 6 nitrogen and oxygen atoms in total. The fourth-order valence-electron chi connectivity index (χ4n) is 4.46. The standard InChI is InChI=1S/C26H20N2O4/c1-32-26(31)16-11-12-20-18(13-16)19(14-27-20)22(24(29)15-7-3-2-4-8-15)23-17-9-5-6-10-21(17)28-25(23)30/h2-14,22-23,27H,1H3,(H,28,30). The van der Waals surface area contributed by atoms with E-state index in [4.69, 9.17) is 4.74 Å². The molecule has 2 atom stereocenters. The zero-order valence-corrected chi connectivity index (χ0v) is 17.3. The van der Waals surface area contributed by atoms with Crippen LogP contribution in [0.25, 0.3) is 10.9 Å². The van der Waals surface area contributed by atoms with Gasteiger partial charge in [-0.15, -0.1) is 0 Å². The maximum absolute atomic E-state index is 13.8. The number of H-pyrrole nitrogens is 1. The number of Topliss-reactive ketones (excluding diaryl/α,β-unsaturated/α-hetero) is 1. The van der Waals surface area contributed by atoms with E-state index in [-0.39, 0.29) is 11.7 Å². The average molecular weight is 424 g/mol. The lowest BCUT2D eigenvalue weighted by Gasteiger charge is -2.21. The van der Waals surface area contributed by atoms with Crippen LogP contribution < -0.4 is 5.32 Å². The molecular weight excluding hydrogens is 404 g/mol. The van der Waals surface area contributed by atoms with E-state index in [1.165, 1.54) is 7.11 Å². The van der Waals surface area contributed by atoms with E-state index in [0.717, 1.165) is 11.1 Å². The molecule has 0 spiro atoms. The van der Waals surface area contributed by atoms with Gasteiger partial charge in [0.2, 0.25) is 5.91 Å². The summed E-state index contributed by atoms with van der Waals surface area (Å²) in [6.45, 7) is 0. The number of ketones is 1. The van der Waals surface area contributed by atoms with Crippen LogP contribution in [-0.4, -0.2) is 29.8 Å². The largest absolute Gasteiger partial charge is 0.465 e. The van der Waals surface area contributed by atoms with Crippen LogP contribution in [0.3, 0.4) is 0 Å². The Labute approximate surface area is 184 Å². The van der Waals surface area contributed by atoms with Crippen LogP contribution >= 0.6 is 0 Å². The van der Waals surface area contributed by atoms with Gasteiger partial charge in [-0.2, -0.15) is 0 Å². The number of aromatic amines is 1. The number of amides is 1. The van der Waals surface area contributed by atoms with E-state index >= 15 is 0 Å². The zero-order valence-electron chi connectivity index (χ0n) is 17.3. The van der Waals surface area contributed by atoms with Crippen molar-refractivity contribution in [3.63, 3.8) is 0 Å². The Hall–Kier alpha value is -4.19. The van der Waals surface area contributed by atoms with Gasteiger partial charge in [0.15, 0.2) is 5.78 Å². The third-order valence-corrected chi connectivity index (χ3v) is 5.98. The first-order chi connectivity index (χ1) is 15.6. The molecule has 1 aromatic heterocycles. The van der Waals surface area contributed by atoms with Gasteiger partial charge < -0.3 is 15.0 Å². The Morgan fingerprint density at radius 2 is 1.69 bits per heavy atom. The molecule has 32 heavy (non-hydrogen) atoms. The topological polar surface area (TPSA) is 88.3 Å². The number of nitrogens with one attached hydrogen (secondary N) is 2. The molecule has 3 aromatic carbocycles.